The number of benzene rings is 1. The molecule has 0 spiro atoms. The van der Waals surface area contributed by atoms with Gasteiger partial charge in [0.2, 0.25) is 5.75 Å². The van der Waals surface area contributed by atoms with Crippen molar-refractivity contribution in [2.75, 3.05) is 27.9 Å². The van der Waals surface area contributed by atoms with E-state index in [2.05, 4.69) is 18.7 Å². The first-order valence-electron chi connectivity index (χ1n) is 11.5. The molecule has 0 unspecified atom stereocenters. The Bertz CT molecular complexity index is 1160. The average molecular weight is 472 g/mol. The lowest BCUT2D eigenvalue weighted by atomic mass is 10.0. The predicted molar refractivity (Wildman–Crippen MR) is 131 cm³/mol. The van der Waals surface area contributed by atoms with Gasteiger partial charge in [0.25, 0.3) is 5.56 Å². The maximum absolute atomic E-state index is 13.0. The summed E-state index contributed by atoms with van der Waals surface area (Å²) >= 11 is 1.67. The molecule has 2 heterocycles. The van der Waals surface area contributed by atoms with Crippen LogP contribution in [0.2, 0.25) is 0 Å². The second-order valence-corrected chi connectivity index (χ2v) is 10.0. The van der Waals surface area contributed by atoms with Crippen LogP contribution >= 0.6 is 11.3 Å². The maximum atomic E-state index is 13.0. The van der Waals surface area contributed by atoms with E-state index in [1.165, 1.54) is 17.0 Å². The standard InChI is InChI=1S/C25H33N3O4S/c1-16(2)13-27(14-17-10-20(30-3)24(32-5)21(11-17)31-4)15-18-12-23(29)28-19-8-6-7-9-22(19)33-25(28)26-18/h10-12,16H,6-9,13-15H2,1-5H3. The lowest BCUT2D eigenvalue weighted by Gasteiger charge is -2.25. The van der Waals surface area contributed by atoms with Crippen molar-refractivity contribution in [3.05, 3.63) is 50.4 Å². The van der Waals surface area contributed by atoms with E-state index in [-0.39, 0.29) is 5.56 Å². The zero-order valence-corrected chi connectivity index (χ0v) is 21.0. The predicted octanol–water partition coefficient (Wildman–Crippen LogP) is 4.32. The molecule has 7 nitrogen and oxygen atoms in total. The van der Waals surface area contributed by atoms with E-state index < -0.39 is 0 Å². The van der Waals surface area contributed by atoms with Crippen molar-refractivity contribution in [2.24, 2.45) is 5.92 Å². The van der Waals surface area contributed by atoms with E-state index in [1.54, 1.807) is 38.7 Å². The Morgan fingerprint density at radius 2 is 1.73 bits per heavy atom. The highest BCUT2D eigenvalue weighted by atomic mass is 32.1. The number of rotatable bonds is 9. The minimum absolute atomic E-state index is 0.0340. The number of fused-ring (bicyclic) bond motifs is 3. The van der Waals surface area contributed by atoms with Gasteiger partial charge in [-0.2, -0.15) is 0 Å². The average Bonchev–Trinajstić information content (AvgIpc) is 3.16. The quantitative estimate of drug-likeness (QED) is 0.463. The van der Waals surface area contributed by atoms with Crippen LogP contribution in [-0.4, -0.2) is 42.2 Å². The minimum atomic E-state index is 0.0340. The van der Waals surface area contributed by atoms with E-state index in [1.807, 2.05) is 16.5 Å². The molecule has 0 aliphatic heterocycles. The molecule has 0 amide bonds. The largest absolute Gasteiger partial charge is 0.493 e. The first-order valence-corrected chi connectivity index (χ1v) is 12.3. The smallest absolute Gasteiger partial charge is 0.259 e. The Morgan fingerprint density at radius 1 is 1.03 bits per heavy atom. The SMILES string of the molecule is COc1cc(CN(Cc2cc(=O)n3c4c(sc3n2)CCCC4)CC(C)C)cc(OC)c1OC. The summed E-state index contributed by atoms with van der Waals surface area (Å²) in [5.74, 6) is 2.32. The lowest BCUT2D eigenvalue weighted by Crippen LogP contribution is -2.28. The number of methoxy groups -OCH3 is 3. The normalized spacial score (nSPS) is 13.5. The fourth-order valence-electron chi connectivity index (χ4n) is 4.64. The summed E-state index contributed by atoms with van der Waals surface area (Å²) in [5.41, 5.74) is 3.06. The Kier molecular flexibility index (Phi) is 7.24. The zero-order valence-electron chi connectivity index (χ0n) is 20.1. The molecule has 1 aromatic carbocycles. The van der Waals surface area contributed by atoms with E-state index in [4.69, 9.17) is 19.2 Å². The highest BCUT2D eigenvalue weighted by Crippen LogP contribution is 2.38. The molecule has 4 rings (SSSR count). The fraction of sp³-hybridized carbons (Fsp3) is 0.520. The molecular formula is C25H33N3O4S. The monoisotopic (exact) mass is 471 g/mol. The first kappa shape index (κ1) is 23.6. The van der Waals surface area contributed by atoms with Crippen LogP contribution in [0.5, 0.6) is 17.2 Å². The molecule has 8 heteroatoms. The summed E-state index contributed by atoms with van der Waals surface area (Å²) in [6.45, 7) is 6.54. The number of thiazole rings is 1. The molecule has 0 saturated carbocycles. The second kappa shape index (κ2) is 10.1. The summed E-state index contributed by atoms with van der Waals surface area (Å²) in [4.78, 5) is 22.3. The van der Waals surface area contributed by atoms with Crippen molar-refractivity contribution in [2.45, 2.75) is 52.6 Å². The van der Waals surface area contributed by atoms with E-state index in [0.717, 1.165) is 42.0 Å². The van der Waals surface area contributed by atoms with Crippen LogP contribution in [0.4, 0.5) is 0 Å². The number of aromatic nitrogens is 2. The Labute approximate surface area is 198 Å². The third kappa shape index (κ3) is 5.01. The van der Waals surface area contributed by atoms with Gasteiger partial charge in [0.1, 0.15) is 0 Å². The number of nitrogens with zero attached hydrogens (tertiary/aromatic N) is 3. The zero-order chi connectivity index (χ0) is 23.5. The molecule has 3 aromatic rings. The summed E-state index contributed by atoms with van der Waals surface area (Å²) < 4.78 is 18.3. The summed E-state index contributed by atoms with van der Waals surface area (Å²) in [6.07, 6.45) is 4.36. The molecular weight excluding hydrogens is 438 g/mol. The van der Waals surface area contributed by atoms with E-state index in [0.29, 0.717) is 36.3 Å². The molecule has 0 fully saturated rings. The minimum Gasteiger partial charge on any atom is -0.493 e. The van der Waals surface area contributed by atoms with Crippen molar-refractivity contribution >= 4 is 16.3 Å². The third-order valence-corrected chi connectivity index (χ3v) is 7.10. The van der Waals surface area contributed by atoms with Crippen LogP contribution in [0.15, 0.2) is 23.0 Å². The molecule has 33 heavy (non-hydrogen) atoms. The first-order chi connectivity index (χ1) is 15.9. The Hall–Kier alpha value is -2.58. The fourth-order valence-corrected chi connectivity index (χ4v) is 5.87. The molecule has 1 aliphatic rings. The van der Waals surface area contributed by atoms with Gasteiger partial charge >= 0.3 is 0 Å². The van der Waals surface area contributed by atoms with Crippen LogP contribution in [0.3, 0.4) is 0 Å². The van der Waals surface area contributed by atoms with Gasteiger partial charge in [-0.3, -0.25) is 14.1 Å². The summed E-state index contributed by atoms with van der Waals surface area (Å²) in [6, 6.07) is 5.66. The van der Waals surface area contributed by atoms with Crippen LogP contribution in [-0.2, 0) is 25.9 Å². The molecule has 0 atom stereocenters. The number of ether oxygens (including phenoxy) is 3. The van der Waals surface area contributed by atoms with E-state index in [9.17, 15) is 4.79 Å². The number of hydrogen-bond acceptors (Lipinski definition) is 7. The molecule has 0 saturated heterocycles. The summed E-state index contributed by atoms with van der Waals surface area (Å²) in [7, 11) is 4.86. The van der Waals surface area contributed by atoms with Gasteiger partial charge in [-0.25, -0.2) is 4.98 Å². The van der Waals surface area contributed by atoms with Crippen molar-refractivity contribution in [3.8, 4) is 17.2 Å². The molecule has 0 radical (unpaired) electrons. The van der Waals surface area contributed by atoms with Gasteiger partial charge in [-0.05, 0) is 49.3 Å². The topological polar surface area (TPSA) is 65.3 Å². The molecule has 2 aromatic heterocycles. The molecule has 0 N–H and O–H groups in total. The van der Waals surface area contributed by atoms with Crippen molar-refractivity contribution in [1.82, 2.24) is 14.3 Å². The van der Waals surface area contributed by atoms with Gasteiger partial charge in [0, 0.05) is 36.3 Å². The van der Waals surface area contributed by atoms with Crippen molar-refractivity contribution in [1.29, 1.82) is 0 Å². The highest BCUT2D eigenvalue weighted by Gasteiger charge is 2.20. The second-order valence-electron chi connectivity index (χ2n) is 8.98. The molecule has 178 valence electrons. The van der Waals surface area contributed by atoms with Crippen LogP contribution in [0.25, 0.3) is 4.96 Å². The van der Waals surface area contributed by atoms with Crippen LogP contribution < -0.4 is 19.8 Å². The molecule has 0 bridgehead atoms. The third-order valence-electron chi connectivity index (χ3n) is 5.95. The maximum Gasteiger partial charge on any atom is 0.259 e. The number of hydrogen-bond donors (Lipinski definition) is 0. The van der Waals surface area contributed by atoms with Gasteiger partial charge in [-0.1, -0.05) is 13.8 Å². The van der Waals surface area contributed by atoms with Crippen molar-refractivity contribution in [3.63, 3.8) is 0 Å². The Balaban J connectivity index is 1.64. The van der Waals surface area contributed by atoms with Gasteiger partial charge in [0.15, 0.2) is 16.5 Å². The van der Waals surface area contributed by atoms with Gasteiger partial charge in [-0.15, -0.1) is 11.3 Å². The van der Waals surface area contributed by atoms with Gasteiger partial charge in [0.05, 0.1) is 27.0 Å². The highest BCUT2D eigenvalue weighted by molar-refractivity contribution is 7.17. The summed E-state index contributed by atoms with van der Waals surface area (Å²) in [5, 5.41) is 0. The number of aryl methyl sites for hydroxylation is 2. The molecule has 1 aliphatic carbocycles. The van der Waals surface area contributed by atoms with E-state index >= 15 is 0 Å². The van der Waals surface area contributed by atoms with Crippen LogP contribution in [0, 0.1) is 5.92 Å². The van der Waals surface area contributed by atoms with Crippen molar-refractivity contribution < 1.29 is 14.2 Å². The Morgan fingerprint density at radius 3 is 2.36 bits per heavy atom. The van der Waals surface area contributed by atoms with Crippen LogP contribution in [0.1, 0.15) is 48.5 Å². The lowest BCUT2D eigenvalue weighted by molar-refractivity contribution is 0.224. The van der Waals surface area contributed by atoms with Gasteiger partial charge < -0.3 is 14.2 Å².